The van der Waals surface area contributed by atoms with Gasteiger partial charge in [-0.1, -0.05) is 12.1 Å². The number of carbonyl (C=O) groups excluding carboxylic acids is 2. The first-order valence-electron chi connectivity index (χ1n) is 8.97. The summed E-state index contributed by atoms with van der Waals surface area (Å²) in [5, 5.41) is 10.6. The van der Waals surface area contributed by atoms with Crippen LogP contribution in [0, 0.1) is 6.92 Å². The molecule has 0 unspecified atom stereocenters. The summed E-state index contributed by atoms with van der Waals surface area (Å²) < 4.78 is 10.7. The number of aryl methyl sites for hydroxylation is 1. The summed E-state index contributed by atoms with van der Waals surface area (Å²) in [4.78, 5) is 29.3. The summed E-state index contributed by atoms with van der Waals surface area (Å²) in [6.07, 6.45) is 0. The SMILES string of the molecule is COc1cccc([C@H]2C(C(=O)c3ccc(C)o3)=C(O)C(=O)N2CCN(C)C)c1. The van der Waals surface area contributed by atoms with Gasteiger partial charge >= 0.3 is 0 Å². The second-order valence-electron chi connectivity index (χ2n) is 6.98. The fourth-order valence-corrected chi connectivity index (χ4v) is 3.27. The molecule has 1 aliphatic rings. The highest BCUT2D eigenvalue weighted by Gasteiger charge is 2.44. The van der Waals surface area contributed by atoms with E-state index in [9.17, 15) is 14.7 Å². The Kier molecular flexibility index (Phi) is 5.56. The highest BCUT2D eigenvalue weighted by Crippen LogP contribution is 2.39. The molecule has 1 N–H and O–H groups in total. The third kappa shape index (κ3) is 3.66. The number of aliphatic hydroxyl groups is 1. The fraction of sp³-hybridized carbons (Fsp3) is 0.333. The van der Waals surface area contributed by atoms with E-state index in [4.69, 9.17) is 9.15 Å². The summed E-state index contributed by atoms with van der Waals surface area (Å²) in [5.74, 6) is -0.333. The molecule has 1 aromatic carbocycles. The number of hydrogen-bond acceptors (Lipinski definition) is 6. The fourth-order valence-electron chi connectivity index (χ4n) is 3.27. The molecule has 0 fully saturated rings. The molecular weight excluding hydrogens is 360 g/mol. The van der Waals surface area contributed by atoms with Gasteiger partial charge < -0.3 is 24.1 Å². The maximum Gasteiger partial charge on any atom is 0.290 e. The van der Waals surface area contributed by atoms with Crippen LogP contribution in [0.3, 0.4) is 0 Å². The first kappa shape index (κ1) is 19.7. The van der Waals surface area contributed by atoms with Crippen LogP contribution in [0.1, 0.15) is 27.9 Å². The molecule has 0 saturated carbocycles. The Morgan fingerprint density at radius 3 is 2.64 bits per heavy atom. The molecular formula is C21H24N2O5. The van der Waals surface area contributed by atoms with Crippen molar-refractivity contribution in [3.8, 4) is 5.75 Å². The lowest BCUT2D eigenvalue weighted by molar-refractivity contribution is -0.129. The molecule has 7 nitrogen and oxygen atoms in total. The predicted octanol–water partition coefficient (Wildman–Crippen LogP) is 2.74. The smallest absolute Gasteiger partial charge is 0.290 e. The zero-order chi connectivity index (χ0) is 20.4. The molecule has 2 heterocycles. The molecule has 0 bridgehead atoms. The molecule has 1 amide bonds. The summed E-state index contributed by atoms with van der Waals surface area (Å²) in [6.45, 7) is 2.67. The topological polar surface area (TPSA) is 83.2 Å². The van der Waals surface area contributed by atoms with Gasteiger partial charge in [-0.05, 0) is 50.8 Å². The third-order valence-electron chi connectivity index (χ3n) is 4.71. The van der Waals surface area contributed by atoms with E-state index in [1.165, 1.54) is 4.90 Å². The number of Topliss-reactive ketones (excluding diaryl/α,β-unsaturated/α-hetero) is 1. The van der Waals surface area contributed by atoms with Crippen molar-refractivity contribution in [3.63, 3.8) is 0 Å². The van der Waals surface area contributed by atoms with E-state index in [1.807, 2.05) is 25.1 Å². The number of amides is 1. The van der Waals surface area contributed by atoms with Crippen LogP contribution < -0.4 is 4.74 Å². The van der Waals surface area contributed by atoms with Crippen LogP contribution in [0.15, 0.2) is 52.1 Å². The number of benzene rings is 1. The molecule has 1 aromatic heterocycles. The van der Waals surface area contributed by atoms with Crippen molar-refractivity contribution in [3.05, 3.63) is 64.8 Å². The van der Waals surface area contributed by atoms with Crippen molar-refractivity contribution < 1.29 is 23.8 Å². The van der Waals surface area contributed by atoms with Gasteiger partial charge in [0, 0.05) is 13.1 Å². The Balaban J connectivity index is 2.07. The molecule has 0 saturated heterocycles. The maximum absolute atomic E-state index is 13.1. The van der Waals surface area contributed by atoms with Crippen LogP contribution in [-0.2, 0) is 4.79 Å². The van der Waals surface area contributed by atoms with Gasteiger partial charge in [-0.2, -0.15) is 0 Å². The number of furan rings is 1. The number of hydrogen-bond donors (Lipinski definition) is 1. The van der Waals surface area contributed by atoms with Gasteiger partial charge in [0.05, 0.1) is 18.7 Å². The molecule has 2 aromatic rings. The summed E-state index contributed by atoms with van der Waals surface area (Å²) >= 11 is 0. The quantitative estimate of drug-likeness (QED) is 0.739. The molecule has 0 radical (unpaired) electrons. The van der Waals surface area contributed by atoms with E-state index in [2.05, 4.69) is 0 Å². The van der Waals surface area contributed by atoms with Crippen molar-refractivity contribution in [1.82, 2.24) is 9.80 Å². The lowest BCUT2D eigenvalue weighted by atomic mass is 9.95. The van der Waals surface area contributed by atoms with Gasteiger partial charge in [0.1, 0.15) is 11.5 Å². The van der Waals surface area contributed by atoms with Gasteiger partial charge in [-0.3, -0.25) is 9.59 Å². The lowest BCUT2D eigenvalue weighted by Gasteiger charge is -2.28. The Bertz CT molecular complexity index is 928. The molecule has 28 heavy (non-hydrogen) atoms. The van der Waals surface area contributed by atoms with Gasteiger partial charge in [-0.25, -0.2) is 0 Å². The first-order chi connectivity index (χ1) is 13.3. The van der Waals surface area contributed by atoms with Gasteiger partial charge in [-0.15, -0.1) is 0 Å². The predicted molar refractivity (Wildman–Crippen MR) is 103 cm³/mol. The Hall–Kier alpha value is -3.06. The summed E-state index contributed by atoms with van der Waals surface area (Å²) in [6, 6.07) is 9.64. The highest BCUT2D eigenvalue weighted by molar-refractivity contribution is 6.15. The van der Waals surface area contributed by atoms with Crippen LogP contribution >= 0.6 is 0 Å². The van der Waals surface area contributed by atoms with Crippen molar-refractivity contribution in [1.29, 1.82) is 0 Å². The van der Waals surface area contributed by atoms with Crippen LogP contribution in [0.4, 0.5) is 0 Å². The monoisotopic (exact) mass is 384 g/mol. The Labute approximate surface area is 163 Å². The van der Waals surface area contributed by atoms with Crippen LogP contribution in [0.25, 0.3) is 0 Å². The van der Waals surface area contributed by atoms with Crippen molar-refractivity contribution in [2.24, 2.45) is 0 Å². The molecule has 148 valence electrons. The molecule has 0 aliphatic carbocycles. The first-order valence-corrected chi connectivity index (χ1v) is 8.97. The molecule has 1 aliphatic heterocycles. The number of ketones is 1. The Morgan fingerprint density at radius 2 is 2.04 bits per heavy atom. The molecule has 0 spiro atoms. The molecule has 1 atom stereocenters. The van der Waals surface area contributed by atoms with Gasteiger partial charge in [0.25, 0.3) is 5.91 Å². The number of rotatable bonds is 7. The maximum atomic E-state index is 13.1. The van der Waals surface area contributed by atoms with E-state index >= 15 is 0 Å². The molecule has 7 heteroatoms. The van der Waals surface area contributed by atoms with E-state index in [1.54, 1.807) is 44.4 Å². The zero-order valence-electron chi connectivity index (χ0n) is 16.4. The normalized spacial score (nSPS) is 17.0. The molecule has 3 rings (SSSR count). The van der Waals surface area contributed by atoms with Crippen molar-refractivity contribution in [2.75, 3.05) is 34.3 Å². The standard InChI is InChI=1S/C21H24N2O5/c1-13-8-9-16(28-13)19(24)17-18(14-6-5-7-15(12-14)27-4)23(11-10-22(2)3)21(26)20(17)25/h5-9,12,18,25H,10-11H2,1-4H3/t18-/m0/s1. The number of carbonyl (C=O) groups is 2. The van der Waals surface area contributed by atoms with Gasteiger partial charge in [0.15, 0.2) is 11.5 Å². The van der Waals surface area contributed by atoms with Crippen LogP contribution in [0.2, 0.25) is 0 Å². The Morgan fingerprint density at radius 1 is 1.29 bits per heavy atom. The zero-order valence-corrected chi connectivity index (χ0v) is 16.4. The minimum Gasteiger partial charge on any atom is -0.503 e. The van der Waals surface area contributed by atoms with E-state index in [-0.39, 0.29) is 11.3 Å². The second kappa shape index (κ2) is 7.90. The number of likely N-dealkylation sites (N-methyl/N-ethyl adjacent to an activating group) is 1. The highest BCUT2D eigenvalue weighted by atomic mass is 16.5. The lowest BCUT2D eigenvalue weighted by Crippen LogP contribution is -2.36. The number of ether oxygens (including phenoxy) is 1. The van der Waals surface area contributed by atoms with E-state index < -0.39 is 23.5 Å². The van der Waals surface area contributed by atoms with Crippen molar-refractivity contribution in [2.45, 2.75) is 13.0 Å². The van der Waals surface area contributed by atoms with Crippen molar-refractivity contribution >= 4 is 11.7 Å². The number of aliphatic hydroxyl groups excluding tert-OH is 1. The summed E-state index contributed by atoms with van der Waals surface area (Å²) in [5.41, 5.74) is 0.702. The van der Waals surface area contributed by atoms with E-state index in [0.717, 1.165) is 0 Å². The number of nitrogens with zero attached hydrogens (tertiary/aromatic N) is 2. The minimum absolute atomic E-state index is 0.0198. The van der Waals surface area contributed by atoms with Crippen LogP contribution in [-0.4, -0.2) is 60.9 Å². The van der Waals surface area contributed by atoms with E-state index in [0.29, 0.717) is 30.2 Å². The second-order valence-corrected chi connectivity index (χ2v) is 6.98. The minimum atomic E-state index is -0.722. The number of methoxy groups -OCH3 is 1. The van der Waals surface area contributed by atoms with Crippen LogP contribution in [0.5, 0.6) is 5.75 Å². The summed E-state index contributed by atoms with van der Waals surface area (Å²) in [7, 11) is 5.34. The average Bonchev–Trinajstić information content (AvgIpc) is 3.21. The average molecular weight is 384 g/mol. The largest absolute Gasteiger partial charge is 0.503 e. The van der Waals surface area contributed by atoms with Gasteiger partial charge in [0.2, 0.25) is 5.78 Å². The third-order valence-corrected chi connectivity index (χ3v) is 4.71.